The lowest BCUT2D eigenvalue weighted by Crippen LogP contribution is -2.55. The van der Waals surface area contributed by atoms with Crippen LogP contribution in [0, 0.1) is 11.6 Å². The van der Waals surface area contributed by atoms with Crippen LogP contribution in [0.4, 0.5) is 14.5 Å². The first kappa shape index (κ1) is 32.7. The Morgan fingerprint density at radius 2 is 1.65 bits per heavy atom. The van der Waals surface area contributed by atoms with Crippen LogP contribution < -0.4 is 9.62 Å². The summed E-state index contributed by atoms with van der Waals surface area (Å²) in [6.45, 7) is -0.906. The van der Waals surface area contributed by atoms with Crippen molar-refractivity contribution in [3.05, 3.63) is 99.5 Å². The Labute approximate surface area is 260 Å². The highest BCUT2D eigenvalue weighted by Crippen LogP contribution is 2.26. The monoisotopic (exact) mass is 651 g/mol. The number of nitrogens with one attached hydrogen (secondary N) is 1. The molecule has 1 N–H and O–H groups in total. The van der Waals surface area contributed by atoms with Gasteiger partial charge in [-0.25, -0.2) is 17.2 Å². The van der Waals surface area contributed by atoms with E-state index in [1.165, 1.54) is 11.0 Å². The van der Waals surface area contributed by atoms with Gasteiger partial charge in [-0.1, -0.05) is 78.9 Å². The smallest absolute Gasteiger partial charge is 0.244 e. The fourth-order valence-electron chi connectivity index (χ4n) is 5.19. The summed E-state index contributed by atoms with van der Waals surface area (Å²) in [5, 5.41) is 3.74. The number of sulfonamides is 1. The van der Waals surface area contributed by atoms with E-state index in [2.05, 4.69) is 5.32 Å². The number of nitrogens with zero attached hydrogens (tertiary/aromatic N) is 2. The maximum absolute atomic E-state index is 14.1. The van der Waals surface area contributed by atoms with Crippen LogP contribution in [0.3, 0.4) is 0 Å². The maximum Gasteiger partial charge on any atom is 0.244 e. The summed E-state index contributed by atoms with van der Waals surface area (Å²) in [5.41, 5.74) is 1.04. The van der Waals surface area contributed by atoms with Crippen molar-refractivity contribution in [2.75, 3.05) is 17.1 Å². The van der Waals surface area contributed by atoms with Crippen LogP contribution in [0.1, 0.15) is 43.2 Å². The van der Waals surface area contributed by atoms with Gasteiger partial charge in [0.15, 0.2) is 11.6 Å². The van der Waals surface area contributed by atoms with Crippen molar-refractivity contribution in [2.24, 2.45) is 0 Å². The van der Waals surface area contributed by atoms with E-state index < -0.39 is 40.2 Å². The zero-order valence-corrected chi connectivity index (χ0v) is 25.9. The number of anilines is 1. The third-order valence-electron chi connectivity index (χ3n) is 7.45. The number of hydrogen-bond donors (Lipinski definition) is 1. The number of carbonyl (C=O) groups is 2. The van der Waals surface area contributed by atoms with E-state index in [0.29, 0.717) is 21.0 Å². The first-order chi connectivity index (χ1) is 20.4. The van der Waals surface area contributed by atoms with E-state index in [0.717, 1.165) is 56.1 Å². The van der Waals surface area contributed by atoms with Gasteiger partial charge in [0.25, 0.3) is 0 Å². The number of carbonyl (C=O) groups excluding carboxylic acids is 2. The molecular weight excluding hydrogens is 619 g/mol. The maximum atomic E-state index is 14.1. The third kappa shape index (κ3) is 8.90. The predicted molar refractivity (Wildman–Crippen MR) is 165 cm³/mol. The van der Waals surface area contributed by atoms with Gasteiger partial charge in [0.2, 0.25) is 21.8 Å². The molecule has 1 atom stereocenters. The van der Waals surface area contributed by atoms with Crippen LogP contribution in [0.25, 0.3) is 0 Å². The van der Waals surface area contributed by atoms with Gasteiger partial charge in [-0.05, 0) is 48.2 Å². The molecule has 1 fully saturated rings. The average molecular weight is 653 g/mol. The third-order valence-corrected chi connectivity index (χ3v) is 9.18. The molecule has 0 saturated heterocycles. The zero-order valence-electron chi connectivity index (χ0n) is 23.6. The fraction of sp³-hybridized carbons (Fsp3) is 0.355. The molecular formula is C31H33Cl2F2N3O4S. The summed E-state index contributed by atoms with van der Waals surface area (Å²) < 4.78 is 54.1. The highest BCUT2D eigenvalue weighted by Gasteiger charge is 2.34. The minimum absolute atomic E-state index is 0.0506. The molecule has 4 rings (SSSR count). The summed E-state index contributed by atoms with van der Waals surface area (Å²) in [6.07, 6.45) is 5.69. The number of rotatable bonds is 11. The van der Waals surface area contributed by atoms with E-state index in [4.69, 9.17) is 23.2 Å². The highest BCUT2D eigenvalue weighted by molar-refractivity contribution is 7.92. The molecule has 1 aliphatic rings. The zero-order chi connectivity index (χ0) is 31.1. The van der Waals surface area contributed by atoms with Crippen molar-refractivity contribution in [1.29, 1.82) is 0 Å². The Morgan fingerprint density at radius 3 is 2.28 bits per heavy atom. The van der Waals surface area contributed by atoms with Gasteiger partial charge in [0.1, 0.15) is 12.6 Å². The summed E-state index contributed by atoms with van der Waals surface area (Å²) in [5.74, 6) is -3.55. The van der Waals surface area contributed by atoms with Crippen molar-refractivity contribution in [3.63, 3.8) is 0 Å². The lowest BCUT2D eigenvalue weighted by molar-refractivity contribution is -0.140. The summed E-state index contributed by atoms with van der Waals surface area (Å²) >= 11 is 12.6. The molecule has 12 heteroatoms. The second kappa shape index (κ2) is 14.5. The van der Waals surface area contributed by atoms with Gasteiger partial charge < -0.3 is 10.2 Å². The average Bonchev–Trinajstić information content (AvgIpc) is 2.96. The topological polar surface area (TPSA) is 86.8 Å². The molecule has 1 saturated carbocycles. The van der Waals surface area contributed by atoms with Crippen LogP contribution in [-0.2, 0) is 32.6 Å². The van der Waals surface area contributed by atoms with Crippen molar-refractivity contribution in [3.8, 4) is 0 Å². The number of halogens is 4. The molecule has 7 nitrogen and oxygen atoms in total. The second-order valence-corrected chi connectivity index (χ2v) is 13.4. The molecule has 2 amide bonds. The van der Waals surface area contributed by atoms with Gasteiger partial charge in [0.05, 0.1) is 11.9 Å². The van der Waals surface area contributed by atoms with E-state index in [1.54, 1.807) is 12.1 Å². The van der Waals surface area contributed by atoms with Crippen molar-refractivity contribution >= 4 is 50.7 Å². The lowest BCUT2D eigenvalue weighted by atomic mass is 9.94. The highest BCUT2D eigenvalue weighted by atomic mass is 35.5. The van der Waals surface area contributed by atoms with Crippen LogP contribution in [-0.4, -0.2) is 50.0 Å². The van der Waals surface area contributed by atoms with Crippen molar-refractivity contribution < 1.29 is 26.8 Å². The van der Waals surface area contributed by atoms with E-state index in [9.17, 15) is 26.8 Å². The second-order valence-electron chi connectivity index (χ2n) is 10.7. The fourth-order valence-corrected chi connectivity index (χ4v) is 6.50. The molecule has 0 unspecified atom stereocenters. The molecule has 3 aromatic rings. The molecule has 1 aliphatic carbocycles. The first-order valence-corrected chi connectivity index (χ1v) is 16.5. The molecule has 0 bridgehead atoms. The first-order valence-electron chi connectivity index (χ1n) is 13.9. The summed E-state index contributed by atoms with van der Waals surface area (Å²) in [7, 11) is -4.14. The van der Waals surface area contributed by atoms with Crippen LogP contribution in [0.5, 0.6) is 0 Å². The van der Waals surface area contributed by atoms with Gasteiger partial charge >= 0.3 is 0 Å². The number of amides is 2. The summed E-state index contributed by atoms with van der Waals surface area (Å²) in [6, 6.07) is 15.4. The standard InChI is InChI=1S/C31H33Cl2F2N3O4S/c1-43(41,42)38(25-14-15-27(34)28(35)18-25)20-30(39)37(19-22-12-13-23(32)17-26(22)33)29(16-21-8-4-2-5-9-21)31(40)36-24-10-6-3-7-11-24/h2,4-5,8-9,12-15,17-18,24,29H,3,6-7,10-11,16,19-20H2,1H3,(H,36,40)/t29-/m0/s1. The van der Waals surface area contributed by atoms with E-state index >= 15 is 0 Å². The Hall–Kier alpha value is -3.21. The van der Waals surface area contributed by atoms with Gasteiger partial charge in [-0.3, -0.25) is 13.9 Å². The van der Waals surface area contributed by atoms with Crippen LogP contribution in [0.2, 0.25) is 10.0 Å². The quantitative estimate of drug-likeness (QED) is 0.270. The van der Waals surface area contributed by atoms with Crippen LogP contribution >= 0.6 is 23.2 Å². The molecule has 43 heavy (non-hydrogen) atoms. The van der Waals surface area contributed by atoms with Crippen LogP contribution in [0.15, 0.2) is 66.7 Å². The number of benzene rings is 3. The van der Waals surface area contributed by atoms with E-state index in [-0.39, 0.29) is 35.6 Å². The molecule has 3 aromatic carbocycles. The largest absolute Gasteiger partial charge is 0.352 e. The van der Waals surface area contributed by atoms with Gasteiger partial charge in [-0.15, -0.1) is 0 Å². The minimum Gasteiger partial charge on any atom is -0.352 e. The van der Waals surface area contributed by atoms with Gasteiger partial charge in [-0.2, -0.15) is 0 Å². The summed E-state index contributed by atoms with van der Waals surface area (Å²) in [4.78, 5) is 29.4. The molecule has 0 aliphatic heterocycles. The predicted octanol–water partition coefficient (Wildman–Crippen LogP) is 6.13. The van der Waals surface area contributed by atoms with Crippen molar-refractivity contribution in [2.45, 2.75) is 57.2 Å². The molecule has 0 aromatic heterocycles. The van der Waals surface area contributed by atoms with Gasteiger partial charge in [0, 0.05) is 35.1 Å². The molecule has 0 heterocycles. The molecule has 0 spiro atoms. The lowest BCUT2D eigenvalue weighted by Gasteiger charge is -2.35. The van der Waals surface area contributed by atoms with Crippen molar-refractivity contribution in [1.82, 2.24) is 10.2 Å². The molecule has 0 radical (unpaired) electrons. The Kier molecular flexibility index (Phi) is 11.0. The Balaban J connectivity index is 1.75. The normalized spacial score (nSPS) is 14.6. The molecule has 230 valence electrons. The SMILES string of the molecule is CS(=O)(=O)N(CC(=O)N(Cc1ccc(Cl)cc1Cl)[C@@H](Cc1ccccc1)C(=O)NC1CCCCC1)c1ccc(F)c(F)c1. The van der Waals surface area contributed by atoms with E-state index in [1.807, 2.05) is 30.3 Å². The minimum atomic E-state index is -4.14. The Bertz CT molecular complexity index is 1550. The Morgan fingerprint density at radius 1 is 0.953 bits per heavy atom. The number of hydrogen-bond acceptors (Lipinski definition) is 4.